The maximum Gasteiger partial charge on any atom is 0.151 e. The fraction of sp³-hybridized carbons (Fsp3) is 0.667. The summed E-state index contributed by atoms with van der Waals surface area (Å²) in [6.07, 6.45) is 2.53. The highest BCUT2D eigenvalue weighted by Gasteiger charge is 2.18. The molecule has 94 valence electrons. The van der Waals surface area contributed by atoms with Crippen LogP contribution in [-0.2, 0) is 0 Å². The molecule has 2 rings (SSSR count). The minimum Gasteiger partial charge on any atom is -0.382 e. The van der Waals surface area contributed by atoms with Crippen LogP contribution in [0.15, 0.2) is 12.1 Å². The molecule has 1 aliphatic rings. The van der Waals surface area contributed by atoms with E-state index in [4.69, 9.17) is 5.73 Å². The molecule has 1 fully saturated rings. The number of hydrogen-bond acceptors (Lipinski definition) is 5. The predicted octanol–water partition coefficient (Wildman–Crippen LogP) is 0.837. The van der Waals surface area contributed by atoms with Gasteiger partial charge in [0, 0.05) is 13.6 Å². The molecule has 2 N–H and O–H groups in total. The molecule has 0 aromatic carbocycles. The molecule has 0 aliphatic carbocycles. The first-order valence-electron chi connectivity index (χ1n) is 6.14. The average Bonchev–Trinajstić information content (AvgIpc) is 2.33. The van der Waals surface area contributed by atoms with E-state index in [0.29, 0.717) is 5.82 Å². The molecule has 2 heterocycles. The second-order valence-electron chi connectivity index (χ2n) is 4.94. The smallest absolute Gasteiger partial charge is 0.151 e. The Morgan fingerprint density at radius 1 is 1.35 bits per heavy atom. The average molecular weight is 235 g/mol. The Bertz CT molecular complexity index is 342. The molecule has 1 aliphatic heterocycles. The molecule has 0 bridgehead atoms. The Hall–Kier alpha value is -1.36. The van der Waals surface area contributed by atoms with Gasteiger partial charge in [-0.2, -0.15) is 0 Å². The van der Waals surface area contributed by atoms with E-state index in [1.54, 1.807) is 6.07 Å². The van der Waals surface area contributed by atoms with Gasteiger partial charge in [-0.15, -0.1) is 10.2 Å². The van der Waals surface area contributed by atoms with Gasteiger partial charge in [-0.25, -0.2) is 0 Å². The van der Waals surface area contributed by atoms with E-state index in [-0.39, 0.29) is 0 Å². The molecule has 0 amide bonds. The summed E-state index contributed by atoms with van der Waals surface area (Å²) < 4.78 is 0. The van der Waals surface area contributed by atoms with Gasteiger partial charge in [0.15, 0.2) is 5.82 Å². The van der Waals surface area contributed by atoms with Crippen molar-refractivity contribution >= 4 is 11.6 Å². The van der Waals surface area contributed by atoms with Gasteiger partial charge in [0.1, 0.15) is 5.82 Å². The normalized spacial score (nSPS) is 18.2. The molecule has 5 heteroatoms. The molecule has 0 unspecified atom stereocenters. The molecule has 17 heavy (non-hydrogen) atoms. The summed E-state index contributed by atoms with van der Waals surface area (Å²) in [6, 6.07) is 3.73. The minimum absolute atomic E-state index is 0.474. The Labute approximate surface area is 103 Å². The molecule has 0 radical (unpaired) electrons. The van der Waals surface area contributed by atoms with Crippen LogP contribution >= 0.6 is 0 Å². The Balaban J connectivity index is 1.88. The summed E-state index contributed by atoms with van der Waals surface area (Å²) in [5, 5.41) is 7.98. The fourth-order valence-electron chi connectivity index (χ4n) is 2.26. The van der Waals surface area contributed by atoms with Crippen LogP contribution in [0.3, 0.4) is 0 Å². The number of anilines is 2. The van der Waals surface area contributed by atoms with Crippen molar-refractivity contribution in [2.24, 2.45) is 5.92 Å². The number of nitrogens with zero attached hydrogens (tertiary/aromatic N) is 4. The number of nitrogens with two attached hydrogens (primary N) is 1. The van der Waals surface area contributed by atoms with Gasteiger partial charge in [-0.1, -0.05) is 0 Å². The van der Waals surface area contributed by atoms with Crippen molar-refractivity contribution in [3.05, 3.63) is 12.1 Å². The summed E-state index contributed by atoms with van der Waals surface area (Å²) in [4.78, 5) is 4.56. The SMILES string of the molecule is CN1CCC(CN(C)c2ccc(N)nn2)CC1. The first-order valence-corrected chi connectivity index (χ1v) is 6.14. The first kappa shape index (κ1) is 12.1. The van der Waals surface area contributed by atoms with Crippen LogP contribution in [0.25, 0.3) is 0 Å². The lowest BCUT2D eigenvalue weighted by atomic mass is 9.97. The fourth-order valence-corrected chi connectivity index (χ4v) is 2.26. The maximum absolute atomic E-state index is 5.53. The van der Waals surface area contributed by atoms with Gasteiger partial charge in [0.25, 0.3) is 0 Å². The van der Waals surface area contributed by atoms with Gasteiger partial charge in [0.2, 0.25) is 0 Å². The molecule has 5 nitrogen and oxygen atoms in total. The monoisotopic (exact) mass is 235 g/mol. The van der Waals surface area contributed by atoms with Crippen LogP contribution < -0.4 is 10.6 Å². The summed E-state index contributed by atoms with van der Waals surface area (Å²) in [5.74, 6) is 2.13. The molecular weight excluding hydrogens is 214 g/mol. The van der Waals surface area contributed by atoms with Crippen molar-refractivity contribution in [3.63, 3.8) is 0 Å². The highest BCUT2D eigenvalue weighted by molar-refractivity contribution is 5.40. The van der Waals surface area contributed by atoms with Crippen molar-refractivity contribution in [2.75, 3.05) is 44.4 Å². The first-order chi connectivity index (χ1) is 8.15. The van der Waals surface area contributed by atoms with Gasteiger partial charge in [-0.05, 0) is 51.0 Å². The van der Waals surface area contributed by atoms with Crippen molar-refractivity contribution < 1.29 is 0 Å². The topological polar surface area (TPSA) is 58.3 Å². The zero-order chi connectivity index (χ0) is 12.3. The van der Waals surface area contributed by atoms with Crippen LogP contribution in [-0.4, -0.2) is 48.8 Å². The third kappa shape index (κ3) is 3.30. The van der Waals surface area contributed by atoms with Crippen molar-refractivity contribution in [1.82, 2.24) is 15.1 Å². The molecule has 1 aromatic heterocycles. The molecule has 1 aromatic rings. The zero-order valence-electron chi connectivity index (χ0n) is 10.6. The van der Waals surface area contributed by atoms with E-state index >= 15 is 0 Å². The molecule has 0 spiro atoms. The van der Waals surface area contributed by atoms with E-state index in [9.17, 15) is 0 Å². The second-order valence-corrected chi connectivity index (χ2v) is 4.94. The number of likely N-dealkylation sites (tertiary alicyclic amines) is 1. The van der Waals surface area contributed by atoms with Gasteiger partial charge in [-0.3, -0.25) is 0 Å². The highest BCUT2D eigenvalue weighted by Crippen LogP contribution is 2.19. The predicted molar refractivity (Wildman–Crippen MR) is 69.9 cm³/mol. The number of nitrogen functional groups attached to an aromatic ring is 1. The van der Waals surface area contributed by atoms with Crippen molar-refractivity contribution in [3.8, 4) is 0 Å². The molecule has 1 saturated heterocycles. The number of aromatic nitrogens is 2. The Morgan fingerprint density at radius 3 is 2.65 bits per heavy atom. The van der Waals surface area contributed by atoms with E-state index in [2.05, 4.69) is 34.1 Å². The van der Waals surface area contributed by atoms with E-state index in [0.717, 1.165) is 18.3 Å². The van der Waals surface area contributed by atoms with Gasteiger partial charge < -0.3 is 15.5 Å². The lowest BCUT2D eigenvalue weighted by Gasteiger charge is -2.31. The lowest BCUT2D eigenvalue weighted by Crippen LogP contribution is -2.36. The highest BCUT2D eigenvalue weighted by atomic mass is 15.3. The van der Waals surface area contributed by atoms with E-state index in [1.807, 2.05) is 6.07 Å². The van der Waals surface area contributed by atoms with Gasteiger partial charge >= 0.3 is 0 Å². The van der Waals surface area contributed by atoms with E-state index in [1.165, 1.54) is 25.9 Å². The summed E-state index contributed by atoms with van der Waals surface area (Å²) in [7, 11) is 4.25. The standard InChI is InChI=1S/C12H21N5/c1-16-7-5-10(6-8-16)9-17(2)12-4-3-11(13)14-15-12/h3-4,10H,5-9H2,1-2H3,(H2,13,14). The van der Waals surface area contributed by atoms with Gasteiger partial charge in [0.05, 0.1) is 0 Å². The van der Waals surface area contributed by atoms with E-state index < -0.39 is 0 Å². The van der Waals surface area contributed by atoms with Crippen molar-refractivity contribution in [2.45, 2.75) is 12.8 Å². The lowest BCUT2D eigenvalue weighted by molar-refractivity contribution is 0.222. The van der Waals surface area contributed by atoms with Crippen molar-refractivity contribution in [1.29, 1.82) is 0 Å². The summed E-state index contributed by atoms with van der Waals surface area (Å²) in [6.45, 7) is 3.45. The van der Waals surface area contributed by atoms with Crippen LogP contribution in [0.1, 0.15) is 12.8 Å². The largest absolute Gasteiger partial charge is 0.382 e. The number of piperidine rings is 1. The van der Waals surface area contributed by atoms with Crippen LogP contribution in [0.4, 0.5) is 11.6 Å². The summed E-state index contributed by atoms with van der Waals surface area (Å²) >= 11 is 0. The van der Waals surface area contributed by atoms with Crippen LogP contribution in [0, 0.1) is 5.92 Å². The number of rotatable bonds is 3. The maximum atomic E-state index is 5.53. The quantitative estimate of drug-likeness (QED) is 0.841. The zero-order valence-corrected chi connectivity index (χ0v) is 10.6. The van der Waals surface area contributed by atoms with Crippen LogP contribution in [0.2, 0.25) is 0 Å². The molecular formula is C12H21N5. The summed E-state index contributed by atoms with van der Waals surface area (Å²) in [5.41, 5.74) is 5.53. The number of hydrogen-bond donors (Lipinski definition) is 1. The third-order valence-corrected chi connectivity index (χ3v) is 3.43. The second kappa shape index (κ2) is 5.31. The Kier molecular flexibility index (Phi) is 3.78. The molecule has 0 atom stereocenters. The Morgan fingerprint density at radius 2 is 2.06 bits per heavy atom. The minimum atomic E-state index is 0.474. The molecule has 0 saturated carbocycles. The third-order valence-electron chi connectivity index (χ3n) is 3.43. The van der Waals surface area contributed by atoms with Crippen LogP contribution in [0.5, 0.6) is 0 Å².